The maximum absolute atomic E-state index is 12.3. The molecule has 0 saturated carbocycles. The molecule has 0 radical (unpaired) electrons. The number of methoxy groups -OCH3 is 1. The molecule has 0 fully saturated rings. The van der Waals surface area contributed by atoms with E-state index in [2.05, 4.69) is 14.9 Å². The second-order valence-corrected chi connectivity index (χ2v) is 9.33. The zero-order valence-corrected chi connectivity index (χ0v) is 15.2. The van der Waals surface area contributed by atoms with Crippen molar-refractivity contribution in [3.63, 3.8) is 0 Å². The average Bonchev–Trinajstić information content (AvgIpc) is 2.84. The monoisotopic (exact) mass is 379 g/mol. The van der Waals surface area contributed by atoms with Gasteiger partial charge in [-0.25, -0.2) is 8.42 Å². The van der Waals surface area contributed by atoms with Gasteiger partial charge in [0, 0.05) is 5.25 Å². The van der Waals surface area contributed by atoms with Gasteiger partial charge in [0.05, 0.1) is 17.0 Å². The van der Waals surface area contributed by atoms with Crippen LogP contribution in [0.15, 0.2) is 27.4 Å². The zero-order chi connectivity index (χ0) is 16.3. The molecule has 2 rings (SSSR count). The number of aromatic nitrogens is 2. The average molecular weight is 380 g/mol. The molecule has 0 aliphatic heterocycles. The van der Waals surface area contributed by atoms with Crippen LogP contribution >= 0.6 is 34.7 Å². The number of thioether (sulfide) groups is 1. The Hall–Kier alpha value is -1.03. The quantitative estimate of drug-likeness (QED) is 0.773. The molecule has 1 aromatic heterocycles. The number of hydrogen-bond acceptors (Lipinski definition) is 7. The van der Waals surface area contributed by atoms with Crippen molar-refractivity contribution in [2.75, 3.05) is 11.8 Å². The lowest BCUT2D eigenvalue weighted by molar-refractivity contribution is 0.414. The fourth-order valence-electron chi connectivity index (χ4n) is 1.49. The third-order valence-corrected chi connectivity index (χ3v) is 6.09. The molecule has 2 aromatic rings. The summed E-state index contributed by atoms with van der Waals surface area (Å²) in [6, 6.07) is 4.24. The minimum Gasteiger partial charge on any atom is -0.495 e. The van der Waals surface area contributed by atoms with E-state index < -0.39 is 10.0 Å². The Balaban J connectivity index is 2.20. The first-order valence-corrected chi connectivity index (χ1v) is 9.74. The van der Waals surface area contributed by atoms with Gasteiger partial charge < -0.3 is 4.74 Å². The number of benzene rings is 1. The Labute approximate surface area is 142 Å². The summed E-state index contributed by atoms with van der Waals surface area (Å²) in [5.74, 6) is 0.409. The van der Waals surface area contributed by atoms with E-state index in [4.69, 9.17) is 16.3 Å². The molecule has 0 atom stereocenters. The maximum Gasteiger partial charge on any atom is 0.263 e. The Morgan fingerprint density at radius 1 is 1.36 bits per heavy atom. The van der Waals surface area contributed by atoms with Gasteiger partial charge in [0.2, 0.25) is 5.13 Å². The molecular weight excluding hydrogens is 366 g/mol. The topological polar surface area (TPSA) is 81.2 Å². The first-order chi connectivity index (χ1) is 10.3. The van der Waals surface area contributed by atoms with Crippen molar-refractivity contribution in [3.05, 3.63) is 23.2 Å². The highest BCUT2D eigenvalue weighted by atomic mass is 35.5. The summed E-state index contributed by atoms with van der Waals surface area (Å²) in [6.45, 7) is 4.05. The van der Waals surface area contributed by atoms with Crippen molar-refractivity contribution < 1.29 is 13.2 Å². The largest absolute Gasteiger partial charge is 0.495 e. The van der Waals surface area contributed by atoms with Crippen molar-refractivity contribution in [3.8, 4) is 5.75 Å². The highest BCUT2D eigenvalue weighted by Crippen LogP contribution is 2.31. The zero-order valence-electron chi connectivity index (χ0n) is 12.0. The Morgan fingerprint density at radius 2 is 2.09 bits per heavy atom. The van der Waals surface area contributed by atoms with Crippen LogP contribution in [0.4, 0.5) is 5.13 Å². The number of hydrogen-bond donors (Lipinski definition) is 1. The number of ether oxygens (including phenoxy) is 1. The van der Waals surface area contributed by atoms with Gasteiger partial charge in [-0.2, -0.15) is 0 Å². The van der Waals surface area contributed by atoms with E-state index in [0.717, 1.165) is 0 Å². The van der Waals surface area contributed by atoms with Crippen LogP contribution in [0.1, 0.15) is 13.8 Å². The molecule has 120 valence electrons. The van der Waals surface area contributed by atoms with Crippen LogP contribution in [-0.2, 0) is 10.0 Å². The second kappa shape index (κ2) is 7.03. The van der Waals surface area contributed by atoms with Crippen molar-refractivity contribution >= 4 is 49.9 Å². The lowest BCUT2D eigenvalue weighted by Crippen LogP contribution is -2.12. The highest BCUT2D eigenvalue weighted by Gasteiger charge is 2.18. The number of sulfonamides is 1. The predicted octanol–water partition coefficient (Wildman–Crippen LogP) is 3.50. The Bertz CT molecular complexity index is 762. The Morgan fingerprint density at radius 3 is 2.68 bits per heavy atom. The summed E-state index contributed by atoms with van der Waals surface area (Å²) in [7, 11) is -2.31. The lowest BCUT2D eigenvalue weighted by atomic mass is 10.3. The molecule has 0 unspecified atom stereocenters. The molecule has 0 aliphatic rings. The third-order valence-electron chi connectivity index (χ3n) is 2.40. The number of nitrogens with one attached hydrogen (secondary N) is 1. The number of nitrogens with zero attached hydrogens (tertiary/aromatic N) is 2. The summed E-state index contributed by atoms with van der Waals surface area (Å²) in [5.41, 5.74) is 0. The molecule has 0 saturated heterocycles. The van der Waals surface area contributed by atoms with Gasteiger partial charge in [0.15, 0.2) is 4.34 Å². The molecule has 1 N–H and O–H groups in total. The van der Waals surface area contributed by atoms with Crippen LogP contribution in [-0.4, -0.2) is 31.0 Å². The number of anilines is 1. The van der Waals surface area contributed by atoms with E-state index in [1.165, 1.54) is 48.4 Å². The van der Waals surface area contributed by atoms with E-state index in [0.29, 0.717) is 15.3 Å². The standard InChI is InChI=1S/C12H14ClN3O3S3/c1-7(2)20-12-15-14-11(21-12)16-22(17,18)8-4-5-10(19-3)9(13)6-8/h4-7H,1-3H3,(H,14,16). The second-order valence-electron chi connectivity index (χ2n) is 4.44. The summed E-state index contributed by atoms with van der Waals surface area (Å²) < 4.78 is 32.7. The molecule has 10 heteroatoms. The van der Waals surface area contributed by atoms with Crippen LogP contribution in [0.3, 0.4) is 0 Å². The van der Waals surface area contributed by atoms with E-state index in [1.54, 1.807) is 0 Å². The molecule has 1 aromatic carbocycles. The van der Waals surface area contributed by atoms with Crippen LogP contribution in [0.25, 0.3) is 0 Å². The third kappa shape index (κ3) is 4.25. The lowest BCUT2D eigenvalue weighted by Gasteiger charge is -2.07. The van der Waals surface area contributed by atoms with Crippen LogP contribution in [0.2, 0.25) is 5.02 Å². The van der Waals surface area contributed by atoms with Gasteiger partial charge in [-0.15, -0.1) is 10.2 Å². The Kier molecular flexibility index (Phi) is 5.54. The van der Waals surface area contributed by atoms with Crippen molar-refractivity contribution in [1.29, 1.82) is 0 Å². The van der Waals surface area contributed by atoms with Crippen LogP contribution < -0.4 is 9.46 Å². The molecule has 6 nitrogen and oxygen atoms in total. The van der Waals surface area contributed by atoms with Crippen LogP contribution in [0.5, 0.6) is 5.75 Å². The van der Waals surface area contributed by atoms with E-state index in [1.807, 2.05) is 13.8 Å². The number of rotatable bonds is 6. The van der Waals surface area contributed by atoms with Crippen molar-refractivity contribution in [1.82, 2.24) is 10.2 Å². The summed E-state index contributed by atoms with van der Waals surface area (Å²) in [4.78, 5) is 0.0339. The summed E-state index contributed by atoms with van der Waals surface area (Å²) >= 11 is 8.66. The molecule has 0 bridgehead atoms. The van der Waals surface area contributed by atoms with Gasteiger partial charge in [-0.3, -0.25) is 4.72 Å². The molecule has 0 aliphatic carbocycles. The first-order valence-electron chi connectivity index (χ1n) is 6.18. The molecule has 1 heterocycles. The number of halogens is 1. The summed E-state index contributed by atoms with van der Waals surface area (Å²) in [5, 5.41) is 8.56. The van der Waals surface area contributed by atoms with Gasteiger partial charge >= 0.3 is 0 Å². The van der Waals surface area contributed by atoms with E-state index >= 15 is 0 Å². The highest BCUT2D eigenvalue weighted by molar-refractivity contribution is 8.01. The smallest absolute Gasteiger partial charge is 0.263 e. The normalized spacial score (nSPS) is 11.7. The first kappa shape index (κ1) is 17.3. The minimum absolute atomic E-state index is 0.0339. The molecule has 22 heavy (non-hydrogen) atoms. The van der Waals surface area contributed by atoms with Gasteiger partial charge in [-0.1, -0.05) is 48.5 Å². The van der Waals surface area contributed by atoms with Gasteiger partial charge in [-0.05, 0) is 18.2 Å². The fraction of sp³-hybridized carbons (Fsp3) is 0.333. The predicted molar refractivity (Wildman–Crippen MR) is 89.7 cm³/mol. The SMILES string of the molecule is COc1ccc(S(=O)(=O)Nc2nnc(SC(C)C)s2)cc1Cl. The van der Waals surface area contributed by atoms with Crippen LogP contribution in [0, 0.1) is 0 Å². The molecule has 0 spiro atoms. The fourth-order valence-corrected chi connectivity index (χ4v) is 5.04. The van der Waals surface area contributed by atoms with E-state index in [9.17, 15) is 8.42 Å². The minimum atomic E-state index is -3.77. The van der Waals surface area contributed by atoms with Gasteiger partial charge in [0.1, 0.15) is 5.75 Å². The summed E-state index contributed by atoms with van der Waals surface area (Å²) in [6.07, 6.45) is 0. The maximum atomic E-state index is 12.3. The molecule has 0 amide bonds. The van der Waals surface area contributed by atoms with Crippen molar-refractivity contribution in [2.24, 2.45) is 0 Å². The van der Waals surface area contributed by atoms with E-state index in [-0.39, 0.29) is 15.0 Å². The van der Waals surface area contributed by atoms with Gasteiger partial charge in [0.25, 0.3) is 10.0 Å². The molecular formula is C12H14ClN3O3S3. The van der Waals surface area contributed by atoms with Crippen molar-refractivity contribution in [2.45, 2.75) is 28.3 Å².